The van der Waals surface area contributed by atoms with Crippen molar-refractivity contribution in [2.75, 3.05) is 0 Å². The van der Waals surface area contributed by atoms with E-state index in [1.165, 1.54) is 11.3 Å². The molecule has 0 aliphatic carbocycles. The van der Waals surface area contributed by atoms with Gasteiger partial charge in [-0.2, -0.15) is 0 Å². The van der Waals surface area contributed by atoms with Crippen LogP contribution in [0.25, 0.3) is 0 Å². The van der Waals surface area contributed by atoms with Gasteiger partial charge in [0.1, 0.15) is 0 Å². The monoisotopic (exact) mass is 300 g/mol. The number of thiazole rings is 1. The largest absolute Gasteiger partial charge is 0.296 e. The number of piperidine rings is 1. The van der Waals surface area contributed by atoms with E-state index in [1.54, 1.807) is 0 Å². The quantitative estimate of drug-likeness (QED) is 0.867. The molecule has 0 saturated carbocycles. The van der Waals surface area contributed by atoms with E-state index in [0.29, 0.717) is 6.42 Å². The number of hydrogen-bond acceptors (Lipinski definition) is 4. The van der Waals surface area contributed by atoms with E-state index in [-0.39, 0.29) is 23.7 Å². The van der Waals surface area contributed by atoms with Crippen LogP contribution in [-0.4, -0.2) is 16.8 Å². The van der Waals surface area contributed by atoms with Crippen LogP contribution in [0.15, 0.2) is 29.6 Å². The molecule has 2 unspecified atom stereocenters. The Morgan fingerprint density at radius 1 is 1.24 bits per heavy atom. The number of imide groups is 1. The van der Waals surface area contributed by atoms with Crippen molar-refractivity contribution in [3.63, 3.8) is 0 Å². The van der Waals surface area contributed by atoms with Gasteiger partial charge in [-0.3, -0.25) is 14.9 Å². The number of benzene rings is 1. The number of aromatic nitrogens is 1. The Bertz CT molecular complexity index is 708. The van der Waals surface area contributed by atoms with Gasteiger partial charge >= 0.3 is 0 Å². The molecule has 2 atom stereocenters. The topological polar surface area (TPSA) is 59.1 Å². The third-order valence-electron chi connectivity index (χ3n) is 3.83. The van der Waals surface area contributed by atoms with Gasteiger partial charge in [0.2, 0.25) is 11.8 Å². The summed E-state index contributed by atoms with van der Waals surface area (Å²) in [7, 11) is 0. The molecule has 1 aromatic heterocycles. The van der Waals surface area contributed by atoms with Gasteiger partial charge in [-0.15, -0.1) is 11.3 Å². The second-order valence-electron chi connectivity index (χ2n) is 5.38. The lowest BCUT2D eigenvalue weighted by Gasteiger charge is -2.30. The zero-order valence-electron chi connectivity index (χ0n) is 11.9. The van der Waals surface area contributed by atoms with Crippen LogP contribution in [0, 0.1) is 13.8 Å². The summed E-state index contributed by atoms with van der Waals surface area (Å²) in [5.74, 6) is -0.971. The molecule has 1 N–H and O–H groups in total. The second kappa shape index (κ2) is 5.41. The molecule has 1 fully saturated rings. The van der Waals surface area contributed by atoms with Gasteiger partial charge < -0.3 is 0 Å². The van der Waals surface area contributed by atoms with Crippen molar-refractivity contribution in [3.8, 4) is 0 Å². The summed E-state index contributed by atoms with van der Waals surface area (Å²) in [4.78, 5) is 28.7. The Kier molecular flexibility index (Phi) is 3.59. The molecular formula is C16H16N2O2S. The molecule has 21 heavy (non-hydrogen) atoms. The molecule has 0 radical (unpaired) electrons. The maximum absolute atomic E-state index is 12.4. The molecule has 0 spiro atoms. The predicted octanol–water partition coefficient (Wildman–Crippen LogP) is 2.67. The standard InChI is InChI=1S/C16H16N2O2S/c1-9-5-3-4-6-11(9)14-12(7-13(19)18-15(14)20)16-17-10(2)8-21-16/h3-6,8,12,14H,7H2,1-2H3,(H,18,19,20). The first-order valence-electron chi connectivity index (χ1n) is 6.87. The Hall–Kier alpha value is -2.01. The van der Waals surface area contributed by atoms with E-state index < -0.39 is 0 Å². The number of nitrogens with zero attached hydrogens (tertiary/aromatic N) is 1. The molecule has 1 saturated heterocycles. The molecule has 2 aromatic rings. The third-order valence-corrected chi connectivity index (χ3v) is 4.92. The van der Waals surface area contributed by atoms with Crippen LogP contribution in [0.3, 0.4) is 0 Å². The first-order chi connectivity index (χ1) is 10.1. The summed E-state index contributed by atoms with van der Waals surface area (Å²) in [5, 5.41) is 5.28. The van der Waals surface area contributed by atoms with E-state index in [1.807, 2.05) is 43.5 Å². The lowest BCUT2D eigenvalue weighted by Crippen LogP contribution is -2.43. The minimum Gasteiger partial charge on any atom is -0.296 e. The van der Waals surface area contributed by atoms with Crippen molar-refractivity contribution in [2.24, 2.45) is 0 Å². The molecule has 1 aliphatic rings. The Balaban J connectivity index is 2.07. The normalized spacial score (nSPS) is 22.2. The first-order valence-corrected chi connectivity index (χ1v) is 7.75. The van der Waals surface area contributed by atoms with Crippen LogP contribution in [0.4, 0.5) is 0 Å². The van der Waals surface area contributed by atoms with Crippen LogP contribution in [0.1, 0.15) is 40.1 Å². The van der Waals surface area contributed by atoms with Crippen molar-refractivity contribution in [2.45, 2.75) is 32.1 Å². The van der Waals surface area contributed by atoms with Crippen molar-refractivity contribution >= 4 is 23.2 Å². The highest BCUT2D eigenvalue weighted by Gasteiger charge is 2.39. The van der Waals surface area contributed by atoms with E-state index in [4.69, 9.17) is 0 Å². The summed E-state index contributed by atoms with van der Waals surface area (Å²) in [6.45, 7) is 3.91. The highest BCUT2D eigenvalue weighted by Crippen LogP contribution is 2.40. The fourth-order valence-corrected chi connectivity index (χ4v) is 3.77. The van der Waals surface area contributed by atoms with Crippen LogP contribution < -0.4 is 5.32 Å². The zero-order chi connectivity index (χ0) is 15.0. The van der Waals surface area contributed by atoms with Crippen LogP contribution in [0.2, 0.25) is 0 Å². The third kappa shape index (κ3) is 2.61. The second-order valence-corrected chi connectivity index (χ2v) is 6.27. The molecule has 5 heteroatoms. The Morgan fingerprint density at radius 3 is 2.67 bits per heavy atom. The summed E-state index contributed by atoms with van der Waals surface area (Å²) in [5.41, 5.74) is 2.96. The SMILES string of the molecule is Cc1csc(C2CC(=O)NC(=O)C2c2ccccc2C)n1. The van der Waals surface area contributed by atoms with Crippen molar-refractivity contribution in [3.05, 3.63) is 51.5 Å². The van der Waals surface area contributed by atoms with Gasteiger partial charge in [-0.05, 0) is 25.0 Å². The Labute approximate surface area is 127 Å². The first kappa shape index (κ1) is 13.9. The Morgan fingerprint density at radius 2 is 2.00 bits per heavy atom. The number of carbonyl (C=O) groups excluding carboxylic acids is 2. The van der Waals surface area contributed by atoms with E-state index in [9.17, 15) is 9.59 Å². The van der Waals surface area contributed by atoms with Crippen molar-refractivity contribution in [1.29, 1.82) is 0 Å². The highest BCUT2D eigenvalue weighted by molar-refractivity contribution is 7.09. The number of nitrogens with one attached hydrogen (secondary N) is 1. The molecule has 0 bridgehead atoms. The molecule has 2 amide bonds. The smallest absolute Gasteiger partial charge is 0.234 e. The summed E-state index contributed by atoms with van der Waals surface area (Å²) in [6.07, 6.45) is 0.303. The van der Waals surface area contributed by atoms with E-state index in [2.05, 4.69) is 10.3 Å². The van der Waals surface area contributed by atoms with Crippen molar-refractivity contribution < 1.29 is 9.59 Å². The lowest BCUT2D eigenvalue weighted by molar-refractivity contribution is -0.135. The maximum Gasteiger partial charge on any atom is 0.234 e. The molecule has 108 valence electrons. The van der Waals surface area contributed by atoms with Crippen LogP contribution in [0.5, 0.6) is 0 Å². The van der Waals surface area contributed by atoms with Gasteiger partial charge in [0, 0.05) is 23.4 Å². The number of hydrogen-bond donors (Lipinski definition) is 1. The zero-order valence-corrected chi connectivity index (χ0v) is 12.7. The predicted molar refractivity (Wildman–Crippen MR) is 81.3 cm³/mol. The van der Waals surface area contributed by atoms with E-state index in [0.717, 1.165) is 21.8 Å². The van der Waals surface area contributed by atoms with Crippen LogP contribution in [-0.2, 0) is 9.59 Å². The van der Waals surface area contributed by atoms with Gasteiger partial charge in [-0.25, -0.2) is 4.98 Å². The molecule has 4 nitrogen and oxygen atoms in total. The maximum atomic E-state index is 12.4. The lowest BCUT2D eigenvalue weighted by atomic mass is 9.79. The fourth-order valence-electron chi connectivity index (χ4n) is 2.83. The molecular weight excluding hydrogens is 284 g/mol. The number of carbonyl (C=O) groups is 2. The van der Waals surface area contributed by atoms with Gasteiger partial charge in [0.25, 0.3) is 0 Å². The van der Waals surface area contributed by atoms with Gasteiger partial charge in [-0.1, -0.05) is 24.3 Å². The summed E-state index contributed by atoms with van der Waals surface area (Å²) < 4.78 is 0. The molecule has 3 rings (SSSR count). The molecule has 1 aliphatic heterocycles. The highest BCUT2D eigenvalue weighted by atomic mass is 32.1. The average Bonchev–Trinajstić information content (AvgIpc) is 2.86. The number of aryl methyl sites for hydroxylation is 2. The molecule has 1 aromatic carbocycles. The fraction of sp³-hybridized carbons (Fsp3) is 0.312. The summed E-state index contributed by atoms with van der Waals surface area (Å²) >= 11 is 1.52. The summed E-state index contributed by atoms with van der Waals surface area (Å²) in [6, 6.07) is 7.83. The molecule has 2 heterocycles. The average molecular weight is 300 g/mol. The van der Waals surface area contributed by atoms with E-state index >= 15 is 0 Å². The number of rotatable bonds is 2. The number of amides is 2. The van der Waals surface area contributed by atoms with Crippen LogP contribution >= 0.6 is 11.3 Å². The minimum atomic E-state index is -0.352. The van der Waals surface area contributed by atoms with Gasteiger partial charge in [0.05, 0.1) is 10.9 Å². The van der Waals surface area contributed by atoms with Crippen molar-refractivity contribution in [1.82, 2.24) is 10.3 Å². The van der Waals surface area contributed by atoms with Gasteiger partial charge in [0.15, 0.2) is 0 Å². The minimum absolute atomic E-state index is 0.175.